The molecular weight excluding hydrogens is 250 g/mol. The highest BCUT2D eigenvalue weighted by atomic mass is 35.5. The predicted octanol–water partition coefficient (Wildman–Crippen LogP) is 2.20. The first-order valence-corrected chi connectivity index (χ1v) is 6.84. The van der Waals surface area contributed by atoms with Crippen molar-refractivity contribution in [3.63, 3.8) is 0 Å². The molecule has 0 bridgehead atoms. The second-order valence-corrected chi connectivity index (χ2v) is 5.48. The number of hydrogen-bond acceptors (Lipinski definition) is 2. The van der Waals surface area contributed by atoms with Crippen LogP contribution in [0.1, 0.15) is 43.2 Å². The lowest BCUT2D eigenvalue weighted by Crippen LogP contribution is -2.35. The topological polar surface area (TPSA) is 46.1 Å². The molecule has 1 saturated carbocycles. The lowest BCUT2D eigenvalue weighted by Gasteiger charge is -2.10. The van der Waals surface area contributed by atoms with Gasteiger partial charge in [0.25, 0.3) is 5.91 Å². The number of nitrogens with zero attached hydrogens (tertiary/aromatic N) is 1. The fraction of sp³-hybridized carbons (Fsp3) is 0.615. The molecule has 1 amide bonds. The van der Waals surface area contributed by atoms with Crippen LogP contribution in [0.2, 0.25) is 5.02 Å². The molecule has 0 atom stereocenters. The van der Waals surface area contributed by atoms with Crippen LogP contribution in [-0.4, -0.2) is 29.6 Å². The van der Waals surface area contributed by atoms with Gasteiger partial charge in [-0.05, 0) is 18.9 Å². The molecule has 4 nitrogen and oxygen atoms in total. The summed E-state index contributed by atoms with van der Waals surface area (Å²) in [7, 11) is 0. The van der Waals surface area contributed by atoms with E-state index in [4.69, 9.17) is 11.6 Å². The van der Waals surface area contributed by atoms with Gasteiger partial charge in [0.15, 0.2) is 0 Å². The van der Waals surface area contributed by atoms with E-state index in [1.165, 1.54) is 0 Å². The quantitative estimate of drug-likeness (QED) is 0.778. The Kier molecular flexibility index (Phi) is 4.30. The molecule has 100 valence electrons. The first-order valence-electron chi connectivity index (χ1n) is 6.47. The Labute approximate surface area is 113 Å². The summed E-state index contributed by atoms with van der Waals surface area (Å²) in [5, 5.41) is 6.80. The van der Waals surface area contributed by atoms with E-state index in [1.807, 2.05) is 10.8 Å². The van der Waals surface area contributed by atoms with Crippen LogP contribution in [0.15, 0.2) is 12.3 Å². The van der Waals surface area contributed by atoms with Crippen LogP contribution in [-0.2, 0) is 0 Å². The molecule has 0 radical (unpaired) electrons. The number of rotatable bonds is 6. The van der Waals surface area contributed by atoms with Gasteiger partial charge in [-0.25, -0.2) is 0 Å². The largest absolute Gasteiger partial charge is 0.349 e. The Morgan fingerprint density at radius 3 is 2.83 bits per heavy atom. The van der Waals surface area contributed by atoms with E-state index in [-0.39, 0.29) is 5.91 Å². The minimum absolute atomic E-state index is 0.0423. The molecule has 1 aliphatic rings. The number of halogens is 1. The summed E-state index contributed by atoms with van der Waals surface area (Å²) in [5.41, 5.74) is 0.673. The molecular formula is C13H20ClN3O. The molecule has 0 unspecified atom stereocenters. The zero-order chi connectivity index (χ0) is 13.1. The minimum Gasteiger partial charge on any atom is -0.349 e. The second kappa shape index (κ2) is 5.76. The summed E-state index contributed by atoms with van der Waals surface area (Å²) in [6.45, 7) is 5.57. The highest BCUT2D eigenvalue weighted by molar-refractivity contribution is 6.31. The molecule has 0 spiro atoms. The van der Waals surface area contributed by atoms with Crippen LogP contribution >= 0.6 is 11.6 Å². The maximum Gasteiger partial charge on any atom is 0.268 e. The van der Waals surface area contributed by atoms with E-state index in [1.54, 1.807) is 6.07 Å². The van der Waals surface area contributed by atoms with Crippen molar-refractivity contribution in [2.75, 3.05) is 13.1 Å². The van der Waals surface area contributed by atoms with Crippen LogP contribution in [0.25, 0.3) is 0 Å². The zero-order valence-electron chi connectivity index (χ0n) is 10.9. The summed E-state index contributed by atoms with van der Waals surface area (Å²) < 4.78 is 1.99. The SMILES string of the molecule is CC(C)NCCNC(=O)c1cc(Cl)cn1C1CC1. The lowest BCUT2D eigenvalue weighted by atomic mass is 10.3. The van der Waals surface area contributed by atoms with E-state index < -0.39 is 0 Å². The van der Waals surface area contributed by atoms with Crippen molar-refractivity contribution in [2.45, 2.75) is 38.8 Å². The van der Waals surface area contributed by atoms with Crippen molar-refractivity contribution >= 4 is 17.5 Å². The van der Waals surface area contributed by atoms with Crippen molar-refractivity contribution < 1.29 is 4.79 Å². The van der Waals surface area contributed by atoms with Crippen molar-refractivity contribution in [1.82, 2.24) is 15.2 Å². The number of carbonyl (C=O) groups is 1. The van der Waals surface area contributed by atoms with Crippen LogP contribution in [0, 0.1) is 0 Å². The third-order valence-electron chi connectivity index (χ3n) is 2.95. The number of aromatic nitrogens is 1. The van der Waals surface area contributed by atoms with Crippen LogP contribution in [0.3, 0.4) is 0 Å². The van der Waals surface area contributed by atoms with E-state index in [0.717, 1.165) is 19.4 Å². The van der Waals surface area contributed by atoms with Gasteiger partial charge in [0.05, 0.1) is 5.02 Å². The maximum absolute atomic E-state index is 12.0. The molecule has 5 heteroatoms. The monoisotopic (exact) mass is 269 g/mol. The van der Waals surface area contributed by atoms with Gasteiger partial charge < -0.3 is 15.2 Å². The van der Waals surface area contributed by atoms with Crippen LogP contribution < -0.4 is 10.6 Å². The molecule has 2 N–H and O–H groups in total. The van der Waals surface area contributed by atoms with Crippen molar-refractivity contribution in [3.05, 3.63) is 23.0 Å². The molecule has 1 aliphatic carbocycles. The number of nitrogens with one attached hydrogen (secondary N) is 2. The lowest BCUT2D eigenvalue weighted by molar-refractivity contribution is 0.0944. The van der Waals surface area contributed by atoms with Gasteiger partial charge >= 0.3 is 0 Å². The smallest absolute Gasteiger partial charge is 0.268 e. The average Bonchev–Trinajstić information content (AvgIpc) is 3.07. The van der Waals surface area contributed by atoms with E-state index in [0.29, 0.717) is 29.3 Å². The minimum atomic E-state index is -0.0423. The summed E-state index contributed by atoms with van der Waals surface area (Å²) >= 11 is 5.97. The molecule has 0 aromatic carbocycles. The third kappa shape index (κ3) is 3.50. The predicted molar refractivity (Wildman–Crippen MR) is 73.2 cm³/mol. The Morgan fingerprint density at radius 1 is 1.50 bits per heavy atom. The Balaban J connectivity index is 1.88. The zero-order valence-corrected chi connectivity index (χ0v) is 11.6. The molecule has 0 saturated heterocycles. The van der Waals surface area contributed by atoms with E-state index in [9.17, 15) is 4.79 Å². The fourth-order valence-corrected chi connectivity index (χ4v) is 2.12. The first kappa shape index (κ1) is 13.4. The fourth-order valence-electron chi connectivity index (χ4n) is 1.91. The van der Waals surface area contributed by atoms with Crippen LogP contribution in [0.4, 0.5) is 0 Å². The molecule has 1 aromatic heterocycles. The van der Waals surface area contributed by atoms with Gasteiger partial charge in [-0.3, -0.25) is 4.79 Å². The van der Waals surface area contributed by atoms with Gasteiger partial charge in [-0.1, -0.05) is 25.4 Å². The van der Waals surface area contributed by atoms with Crippen molar-refractivity contribution in [3.8, 4) is 0 Å². The highest BCUT2D eigenvalue weighted by Crippen LogP contribution is 2.37. The Morgan fingerprint density at radius 2 is 2.22 bits per heavy atom. The average molecular weight is 270 g/mol. The van der Waals surface area contributed by atoms with Gasteiger partial charge in [0.2, 0.25) is 0 Å². The molecule has 18 heavy (non-hydrogen) atoms. The maximum atomic E-state index is 12.0. The summed E-state index contributed by atoms with van der Waals surface area (Å²) in [4.78, 5) is 12.0. The number of amides is 1. The summed E-state index contributed by atoms with van der Waals surface area (Å²) in [6, 6.07) is 2.64. The molecule has 1 aromatic rings. The van der Waals surface area contributed by atoms with E-state index >= 15 is 0 Å². The van der Waals surface area contributed by atoms with E-state index in [2.05, 4.69) is 24.5 Å². The molecule has 1 fully saturated rings. The second-order valence-electron chi connectivity index (χ2n) is 5.05. The Bertz CT molecular complexity index is 424. The first-order chi connectivity index (χ1) is 8.58. The van der Waals surface area contributed by atoms with Crippen LogP contribution in [0.5, 0.6) is 0 Å². The van der Waals surface area contributed by atoms with Gasteiger partial charge in [0.1, 0.15) is 5.69 Å². The van der Waals surface area contributed by atoms with Gasteiger partial charge in [-0.2, -0.15) is 0 Å². The van der Waals surface area contributed by atoms with Gasteiger partial charge in [-0.15, -0.1) is 0 Å². The molecule has 1 heterocycles. The highest BCUT2D eigenvalue weighted by Gasteiger charge is 2.27. The number of carbonyl (C=O) groups excluding carboxylic acids is 1. The summed E-state index contributed by atoms with van der Waals surface area (Å²) in [5.74, 6) is -0.0423. The molecule has 2 rings (SSSR count). The standard InChI is InChI=1S/C13H20ClN3O/c1-9(2)15-5-6-16-13(18)12-7-10(14)8-17(12)11-3-4-11/h7-9,11,15H,3-6H2,1-2H3,(H,16,18). The van der Waals surface area contributed by atoms with Crippen molar-refractivity contribution in [1.29, 1.82) is 0 Å². The number of hydrogen-bond donors (Lipinski definition) is 2. The normalized spacial score (nSPS) is 15.1. The van der Waals surface area contributed by atoms with Gasteiger partial charge in [0, 0.05) is 31.4 Å². The third-order valence-corrected chi connectivity index (χ3v) is 3.16. The van der Waals surface area contributed by atoms with Crippen molar-refractivity contribution in [2.24, 2.45) is 0 Å². The molecule has 0 aliphatic heterocycles. The Hall–Kier alpha value is -1.00. The summed E-state index contributed by atoms with van der Waals surface area (Å²) in [6.07, 6.45) is 4.13.